The maximum absolute atomic E-state index is 8.82. The van der Waals surface area contributed by atoms with Crippen LogP contribution in [-0.2, 0) is 0 Å². The monoisotopic (exact) mass is 215 g/mol. The van der Waals surface area contributed by atoms with Crippen LogP contribution in [0.4, 0.5) is 5.69 Å². The number of anilines is 1. The molecule has 16 heavy (non-hydrogen) atoms. The second-order valence-corrected chi connectivity index (χ2v) is 4.31. The van der Waals surface area contributed by atoms with Crippen molar-refractivity contribution in [2.45, 2.75) is 18.9 Å². The fourth-order valence-electron chi connectivity index (χ4n) is 1.67. The van der Waals surface area contributed by atoms with Crippen molar-refractivity contribution in [1.29, 1.82) is 5.26 Å². The van der Waals surface area contributed by atoms with Gasteiger partial charge >= 0.3 is 0 Å². The predicted molar refractivity (Wildman–Crippen MR) is 65.5 cm³/mol. The van der Waals surface area contributed by atoms with E-state index in [0.29, 0.717) is 0 Å². The fraction of sp³-hybridized carbons (Fsp3) is 0.462. The number of rotatable bonds is 5. The Morgan fingerprint density at radius 1 is 1.50 bits per heavy atom. The van der Waals surface area contributed by atoms with Crippen molar-refractivity contribution < 1.29 is 0 Å². The average Bonchev–Trinajstić information content (AvgIpc) is 3.13. The van der Waals surface area contributed by atoms with E-state index in [1.54, 1.807) is 0 Å². The van der Waals surface area contributed by atoms with E-state index in [2.05, 4.69) is 23.3 Å². The molecule has 0 aromatic heterocycles. The molecule has 2 rings (SSSR count). The van der Waals surface area contributed by atoms with Crippen LogP contribution in [0, 0.1) is 11.3 Å². The Labute approximate surface area is 96.7 Å². The summed E-state index contributed by atoms with van der Waals surface area (Å²) in [4.78, 5) is 2.18. The fourth-order valence-corrected chi connectivity index (χ4v) is 1.67. The molecule has 1 saturated carbocycles. The number of benzene rings is 1. The van der Waals surface area contributed by atoms with E-state index in [-0.39, 0.29) is 0 Å². The summed E-state index contributed by atoms with van der Waals surface area (Å²) in [6, 6.07) is 10.7. The minimum Gasteiger partial charge on any atom is -0.373 e. The molecule has 1 N–H and O–H groups in total. The quantitative estimate of drug-likeness (QED) is 0.813. The lowest BCUT2D eigenvalue weighted by Gasteiger charge is -2.19. The number of nitrogens with one attached hydrogen (secondary N) is 1. The topological polar surface area (TPSA) is 39.1 Å². The molecule has 3 heteroatoms. The highest BCUT2D eigenvalue weighted by molar-refractivity contribution is 5.50. The molecule has 1 aromatic carbocycles. The minimum atomic E-state index is 0.722. The first-order chi connectivity index (χ1) is 7.79. The molecule has 0 unspecified atom stereocenters. The van der Waals surface area contributed by atoms with Crippen LogP contribution < -0.4 is 10.2 Å². The van der Waals surface area contributed by atoms with Gasteiger partial charge in [0.2, 0.25) is 0 Å². The first-order valence-corrected chi connectivity index (χ1v) is 5.74. The number of nitrogens with zero attached hydrogens (tertiary/aromatic N) is 2. The van der Waals surface area contributed by atoms with E-state index in [1.165, 1.54) is 12.8 Å². The molecule has 0 spiro atoms. The maximum atomic E-state index is 8.82. The normalized spacial score (nSPS) is 14.5. The molecule has 1 aliphatic rings. The van der Waals surface area contributed by atoms with Crippen molar-refractivity contribution in [3.8, 4) is 6.07 Å². The zero-order valence-corrected chi connectivity index (χ0v) is 9.61. The predicted octanol–water partition coefficient (Wildman–Crippen LogP) is 1.75. The van der Waals surface area contributed by atoms with E-state index >= 15 is 0 Å². The number of nitriles is 1. The van der Waals surface area contributed by atoms with Gasteiger partial charge in [0.1, 0.15) is 0 Å². The summed E-state index contributed by atoms with van der Waals surface area (Å²) >= 11 is 0. The van der Waals surface area contributed by atoms with Gasteiger partial charge in [-0.15, -0.1) is 0 Å². The van der Waals surface area contributed by atoms with Crippen LogP contribution >= 0.6 is 0 Å². The van der Waals surface area contributed by atoms with Gasteiger partial charge in [-0.25, -0.2) is 0 Å². The van der Waals surface area contributed by atoms with Gasteiger partial charge in [-0.05, 0) is 31.0 Å². The van der Waals surface area contributed by atoms with Gasteiger partial charge in [-0.1, -0.05) is 6.07 Å². The Balaban J connectivity index is 1.86. The standard InChI is InChI=1S/C13H17N3/c1-16(8-7-15-12-5-6-12)13-4-2-3-11(9-13)10-14/h2-4,9,12,15H,5-8H2,1H3. The second kappa shape index (κ2) is 5.00. The summed E-state index contributed by atoms with van der Waals surface area (Å²) in [7, 11) is 2.06. The Kier molecular flexibility index (Phi) is 3.43. The lowest BCUT2D eigenvalue weighted by atomic mass is 10.2. The van der Waals surface area contributed by atoms with Crippen LogP contribution in [0.2, 0.25) is 0 Å². The molecular formula is C13H17N3. The van der Waals surface area contributed by atoms with Gasteiger partial charge in [0, 0.05) is 31.9 Å². The van der Waals surface area contributed by atoms with Crippen molar-refractivity contribution >= 4 is 5.69 Å². The van der Waals surface area contributed by atoms with Gasteiger partial charge in [-0.2, -0.15) is 5.26 Å². The first-order valence-electron chi connectivity index (χ1n) is 5.74. The van der Waals surface area contributed by atoms with E-state index in [4.69, 9.17) is 5.26 Å². The SMILES string of the molecule is CN(CCNC1CC1)c1cccc(C#N)c1. The van der Waals surface area contributed by atoms with Crippen LogP contribution in [0.3, 0.4) is 0 Å². The number of hydrogen-bond donors (Lipinski definition) is 1. The first kappa shape index (κ1) is 11.0. The molecule has 0 radical (unpaired) electrons. The van der Waals surface area contributed by atoms with Crippen molar-refractivity contribution in [3.63, 3.8) is 0 Å². The highest BCUT2D eigenvalue weighted by Gasteiger charge is 2.19. The summed E-state index contributed by atoms with van der Waals surface area (Å²) < 4.78 is 0. The van der Waals surface area contributed by atoms with Crippen LogP contribution in [-0.4, -0.2) is 26.2 Å². The Morgan fingerprint density at radius 2 is 2.31 bits per heavy atom. The third-order valence-electron chi connectivity index (χ3n) is 2.87. The lowest BCUT2D eigenvalue weighted by Crippen LogP contribution is -2.30. The zero-order valence-electron chi connectivity index (χ0n) is 9.61. The second-order valence-electron chi connectivity index (χ2n) is 4.31. The van der Waals surface area contributed by atoms with Gasteiger partial charge in [-0.3, -0.25) is 0 Å². The summed E-state index contributed by atoms with van der Waals surface area (Å²) in [6.07, 6.45) is 2.65. The highest BCUT2D eigenvalue weighted by atomic mass is 15.1. The zero-order chi connectivity index (χ0) is 11.4. The lowest BCUT2D eigenvalue weighted by molar-refractivity contribution is 0.675. The molecule has 0 amide bonds. The third kappa shape index (κ3) is 2.98. The number of likely N-dealkylation sites (N-methyl/N-ethyl adjacent to an activating group) is 1. The van der Waals surface area contributed by atoms with Gasteiger partial charge in [0.25, 0.3) is 0 Å². The molecule has 1 fully saturated rings. The van der Waals surface area contributed by atoms with Crippen molar-refractivity contribution in [3.05, 3.63) is 29.8 Å². The maximum Gasteiger partial charge on any atom is 0.0992 e. The Morgan fingerprint density at radius 3 is 3.00 bits per heavy atom. The average molecular weight is 215 g/mol. The molecule has 0 heterocycles. The summed E-state index contributed by atoms with van der Waals surface area (Å²) in [5.74, 6) is 0. The van der Waals surface area contributed by atoms with Crippen LogP contribution in [0.5, 0.6) is 0 Å². The molecule has 0 saturated heterocycles. The largest absolute Gasteiger partial charge is 0.373 e. The van der Waals surface area contributed by atoms with Crippen LogP contribution in [0.25, 0.3) is 0 Å². The molecule has 84 valence electrons. The van der Waals surface area contributed by atoms with E-state index in [0.717, 1.165) is 30.4 Å². The molecule has 0 atom stereocenters. The smallest absolute Gasteiger partial charge is 0.0992 e. The summed E-state index contributed by atoms with van der Waals surface area (Å²) in [6.45, 7) is 1.99. The van der Waals surface area contributed by atoms with Crippen molar-refractivity contribution in [2.24, 2.45) is 0 Å². The summed E-state index contributed by atoms with van der Waals surface area (Å²) in [5, 5.41) is 12.3. The van der Waals surface area contributed by atoms with Crippen molar-refractivity contribution in [1.82, 2.24) is 5.32 Å². The Bertz CT molecular complexity index is 390. The molecule has 0 bridgehead atoms. The Hall–Kier alpha value is -1.53. The van der Waals surface area contributed by atoms with Gasteiger partial charge < -0.3 is 10.2 Å². The molecule has 3 nitrogen and oxygen atoms in total. The molecular weight excluding hydrogens is 198 g/mol. The van der Waals surface area contributed by atoms with Crippen LogP contribution in [0.1, 0.15) is 18.4 Å². The van der Waals surface area contributed by atoms with Crippen LogP contribution in [0.15, 0.2) is 24.3 Å². The van der Waals surface area contributed by atoms with Crippen molar-refractivity contribution in [2.75, 3.05) is 25.0 Å². The van der Waals surface area contributed by atoms with E-state index < -0.39 is 0 Å². The number of hydrogen-bond acceptors (Lipinski definition) is 3. The van der Waals surface area contributed by atoms with Gasteiger partial charge in [0.15, 0.2) is 0 Å². The summed E-state index contributed by atoms with van der Waals surface area (Å²) in [5.41, 5.74) is 1.83. The molecule has 1 aromatic rings. The van der Waals surface area contributed by atoms with E-state index in [9.17, 15) is 0 Å². The van der Waals surface area contributed by atoms with E-state index in [1.807, 2.05) is 24.3 Å². The van der Waals surface area contributed by atoms with Gasteiger partial charge in [0.05, 0.1) is 11.6 Å². The molecule has 0 aliphatic heterocycles. The molecule has 1 aliphatic carbocycles. The third-order valence-corrected chi connectivity index (χ3v) is 2.87. The minimum absolute atomic E-state index is 0.722. The highest BCUT2D eigenvalue weighted by Crippen LogP contribution is 2.18.